The number of nitrogens with zero attached hydrogens (tertiary/aromatic N) is 1. The fraction of sp³-hybridized carbons (Fsp3) is 0.444. The molecule has 1 rings (SSSR count). The minimum absolute atomic E-state index is 0.427. The summed E-state index contributed by atoms with van der Waals surface area (Å²) in [4.78, 5) is 4.03. The average molecular weight is 261 g/mol. The van der Waals surface area contributed by atoms with Crippen molar-refractivity contribution in [1.29, 1.82) is 0 Å². The fourth-order valence-electron chi connectivity index (χ4n) is 1.17. The van der Waals surface area contributed by atoms with E-state index in [1.165, 1.54) is 7.11 Å². The van der Waals surface area contributed by atoms with Gasteiger partial charge in [-0.05, 0) is 35.0 Å². The van der Waals surface area contributed by atoms with Crippen LogP contribution in [0.5, 0.6) is 5.88 Å². The number of ether oxygens (including phenoxy) is 1. The predicted octanol–water partition coefficient (Wildman–Crippen LogP) is 1.23. The zero-order valence-corrected chi connectivity index (χ0v) is 9.49. The second-order valence-corrected chi connectivity index (χ2v) is 3.76. The fourth-order valence-corrected chi connectivity index (χ4v) is 1.51. The van der Waals surface area contributed by atoms with E-state index in [4.69, 9.17) is 10.5 Å². The summed E-state index contributed by atoms with van der Waals surface area (Å²) >= 11 is 3.28. The summed E-state index contributed by atoms with van der Waals surface area (Å²) in [6.45, 7) is 0.427. The first-order valence-electron chi connectivity index (χ1n) is 4.26. The normalized spacial score (nSPS) is 12.6. The third kappa shape index (κ3) is 2.67. The Morgan fingerprint density at radius 1 is 1.71 bits per heavy atom. The van der Waals surface area contributed by atoms with Gasteiger partial charge in [0.1, 0.15) is 0 Å². The molecular formula is C9H13BrN2O2. The number of pyridine rings is 1. The highest BCUT2D eigenvalue weighted by Gasteiger charge is 2.13. The molecule has 0 unspecified atom stereocenters. The van der Waals surface area contributed by atoms with Gasteiger partial charge in [-0.15, -0.1) is 0 Å². The highest BCUT2D eigenvalue weighted by Crippen LogP contribution is 2.27. The van der Waals surface area contributed by atoms with E-state index in [0.29, 0.717) is 24.4 Å². The first kappa shape index (κ1) is 11.4. The molecule has 78 valence electrons. The summed E-state index contributed by atoms with van der Waals surface area (Å²) in [5.74, 6) is 0.439. The molecule has 14 heavy (non-hydrogen) atoms. The Morgan fingerprint density at radius 2 is 2.43 bits per heavy atom. The molecule has 0 radical (unpaired) electrons. The smallest absolute Gasteiger partial charge is 0.218 e. The summed E-state index contributed by atoms with van der Waals surface area (Å²) in [7, 11) is 1.52. The van der Waals surface area contributed by atoms with Gasteiger partial charge in [0, 0.05) is 16.2 Å². The summed E-state index contributed by atoms with van der Waals surface area (Å²) in [6, 6.07) is 1.78. The zero-order chi connectivity index (χ0) is 10.6. The molecule has 3 N–H and O–H groups in total. The second kappa shape index (κ2) is 5.29. The van der Waals surface area contributed by atoms with Gasteiger partial charge in [-0.2, -0.15) is 0 Å². The Kier molecular flexibility index (Phi) is 4.31. The minimum Gasteiger partial charge on any atom is -0.481 e. The van der Waals surface area contributed by atoms with Crippen LogP contribution in [0.2, 0.25) is 0 Å². The maximum absolute atomic E-state index is 9.74. The van der Waals surface area contributed by atoms with Gasteiger partial charge in [0.25, 0.3) is 0 Å². The summed E-state index contributed by atoms with van der Waals surface area (Å²) in [5.41, 5.74) is 6.02. The van der Waals surface area contributed by atoms with E-state index in [1.807, 2.05) is 0 Å². The van der Waals surface area contributed by atoms with E-state index in [0.717, 1.165) is 4.47 Å². The van der Waals surface area contributed by atoms with Crippen molar-refractivity contribution >= 4 is 15.9 Å². The van der Waals surface area contributed by atoms with Crippen molar-refractivity contribution in [3.05, 3.63) is 22.3 Å². The highest BCUT2D eigenvalue weighted by atomic mass is 79.9. The van der Waals surface area contributed by atoms with Crippen molar-refractivity contribution in [1.82, 2.24) is 4.98 Å². The lowest BCUT2D eigenvalue weighted by molar-refractivity contribution is 0.165. The summed E-state index contributed by atoms with van der Waals surface area (Å²) in [6.07, 6.45) is 1.49. The number of hydrogen-bond donors (Lipinski definition) is 2. The van der Waals surface area contributed by atoms with Crippen LogP contribution >= 0.6 is 15.9 Å². The molecule has 0 aliphatic carbocycles. The van der Waals surface area contributed by atoms with E-state index in [9.17, 15) is 5.11 Å². The summed E-state index contributed by atoms with van der Waals surface area (Å²) in [5, 5.41) is 9.74. The Hall–Kier alpha value is -0.650. The van der Waals surface area contributed by atoms with E-state index in [2.05, 4.69) is 20.9 Å². The molecule has 0 spiro atoms. The first-order chi connectivity index (χ1) is 6.69. The number of aliphatic hydroxyl groups excluding tert-OH is 1. The van der Waals surface area contributed by atoms with Crippen molar-refractivity contribution in [3.63, 3.8) is 0 Å². The molecule has 1 heterocycles. The molecule has 0 aliphatic heterocycles. The Balaban J connectivity index is 2.97. The van der Waals surface area contributed by atoms with Crippen molar-refractivity contribution in [2.75, 3.05) is 13.7 Å². The molecule has 4 nitrogen and oxygen atoms in total. The lowest BCUT2D eigenvalue weighted by Crippen LogP contribution is -2.08. The molecule has 0 bridgehead atoms. The van der Waals surface area contributed by atoms with Crippen molar-refractivity contribution in [2.45, 2.75) is 12.5 Å². The predicted molar refractivity (Wildman–Crippen MR) is 57.1 cm³/mol. The lowest BCUT2D eigenvalue weighted by Gasteiger charge is -2.12. The Bertz CT molecular complexity index is 307. The number of methoxy groups -OCH3 is 1. The second-order valence-electron chi connectivity index (χ2n) is 2.85. The molecule has 0 amide bonds. The zero-order valence-electron chi connectivity index (χ0n) is 7.90. The molecule has 0 saturated heterocycles. The van der Waals surface area contributed by atoms with Crippen LogP contribution < -0.4 is 10.5 Å². The molecule has 1 aromatic heterocycles. The molecule has 1 atom stereocenters. The SMILES string of the molecule is COc1ncc(Br)cc1[C@H](O)CCN. The standard InChI is InChI=1S/C9H13BrN2O2/c1-14-9-7(8(13)2-3-11)4-6(10)5-12-9/h4-5,8,13H,2-3,11H2,1H3/t8-/m1/s1. The quantitative estimate of drug-likeness (QED) is 0.855. The number of rotatable bonds is 4. The molecule has 0 saturated carbocycles. The molecule has 0 fully saturated rings. The third-order valence-electron chi connectivity index (χ3n) is 1.84. The van der Waals surface area contributed by atoms with Gasteiger partial charge in [0.05, 0.1) is 13.2 Å². The topological polar surface area (TPSA) is 68.4 Å². The van der Waals surface area contributed by atoms with Gasteiger partial charge in [-0.3, -0.25) is 0 Å². The van der Waals surface area contributed by atoms with Gasteiger partial charge in [-0.1, -0.05) is 0 Å². The maximum atomic E-state index is 9.74. The van der Waals surface area contributed by atoms with Crippen LogP contribution in [-0.4, -0.2) is 23.7 Å². The average Bonchev–Trinajstić information content (AvgIpc) is 2.18. The van der Waals surface area contributed by atoms with Crippen LogP contribution in [0.4, 0.5) is 0 Å². The van der Waals surface area contributed by atoms with E-state index in [1.54, 1.807) is 12.3 Å². The monoisotopic (exact) mass is 260 g/mol. The van der Waals surface area contributed by atoms with Crippen molar-refractivity contribution in [2.24, 2.45) is 5.73 Å². The Labute approximate surface area is 91.2 Å². The van der Waals surface area contributed by atoms with Crippen LogP contribution in [0.25, 0.3) is 0 Å². The van der Waals surface area contributed by atoms with Crippen LogP contribution in [0, 0.1) is 0 Å². The van der Waals surface area contributed by atoms with Crippen LogP contribution in [0.3, 0.4) is 0 Å². The Morgan fingerprint density at radius 3 is 3.00 bits per heavy atom. The molecule has 1 aromatic rings. The van der Waals surface area contributed by atoms with Crippen molar-refractivity contribution < 1.29 is 9.84 Å². The molecule has 5 heteroatoms. The lowest BCUT2D eigenvalue weighted by atomic mass is 10.1. The molecule has 0 aliphatic rings. The number of aliphatic hydroxyl groups is 1. The molecular weight excluding hydrogens is 248 g/mol. The van der Waals surface area contributed by atoms with E-state index >= 15 is 0 Å². The number of nitrogens with two attached hydrogens (primary N) is 1. The number of aromatic nitrogens is 1. The van der Waals surface area contributed by atoms with Crippen LogP contribution in [0.1, 0.15) is 18.1 Å². The van der Waals surface area contributed by atoms with E-state index < -0.39 is 6.10 Å². The molecule has 0 aromatic carbocycles. The van der Waals surface area contributed by atoms with Gasteiger partial charge in [0.15, 0.2) is 0 Å². The summed E-state index contributed by atoms with van der Waals surface area (Å²) < 4.78 is 5.84. The largest absolute Gasteiger partial charge is 0.481 e. The van der Waals surface area contributed by atoms with Crippen molar-refractivity contribution in [3.8, 4) is 5.88 Å². The van der Waals surface area contributed by atoms with Gasteiger partial charge >= 0.3 is 0 Å². The first-order valence-corrected chi connectivity index (χ1v) is 5.06. The maximum Gasteiger partial charge on any atom is 0.218 e. The van der Waals surface area contributed by atoms with Gasteiger partial charge in [0.2, 0.25) is 5.88 Å². The van der Waals surface area contributed by atoms with E-state index in [-0.39, 0.29) is 0 Å². The van der Waals surface area contributed by atoms with Gasteiger partial charge in [-0.25, -0.2) is 4.98 Å². The van der Waals surface area contributed by atoms with Crippen LogP contribution in [-0.2, 0) is 0 Å². The third-order valence-corrected chi connectivity index (χ3v) is 2.27. The number of hydrogen-bond acceptors (Lipinski definition) is 4. The number of halogens is 1. The van der Waals surface area contributed by atoms with Gasteiger partial charge < -0.3 is 15.6 Å². The van der Waals surface area contributed by atoms with Crippen LogP contribution in [0.15, 0.2) is 16.7 Å². The minimum atomic E-state index is -0.625. The highest BCUT2D eigenvalue weighted by molar-refractivity contribution is 9.10.